The number of pyridine rings is 1. The molecule has 2 fully saturated rings. The molecule has 5 heterocycles. The lowest BCUT2D eigenvalue weighted by Crippen LogP contribution is -2.56. The van der Waals surface area contributed by atoms with Crippen LogP contribution < -0.4 is 4.90 Å². The Morgan fingerprint density at radius 3 is 2.76 bits per heavy atom. The molecule has 25 heavy (non-hydrogen) atoms. The number of H-pyrrole nitrogens is 1. The van der Waals surface area contributed by atoms with E-state index in [0.717, 1.165) is 42.8 Å². The van der Waals surface area contributed by atoms with Gasteiger partial charge >= 0.3 is 0 Å². The van der Waals surface area contributed by atoms with Crippen molar-refractivity contribution in [3.63, 3.8) is 0 Å². The first-order chi connectivity index (χ1) is 12.3. The van der Waals surface area contributed by atoms with Gasteiger partial charge in [-0.05, 0) is 31.0 Å². The number of aromatic nitrogens is 4. The van der Waals surface area contributed by atoms with Gasteiger partial charge in [-0.15, -0.1) is 0 Å². The summed E-state index contributed by atoms with van der Waals surface area (Å²) in [6.45, 7) is 1.61. The summed E-state index contributed by atoms with van der Waals surface area (Å²) < 4.78 is 0. The standard InChI is InChI=1S/C18H18N6O/c25-18(12-2-1-6-19-8-12)24-13-3-4-14(24)10-23(9-13)17-15-5-7-20-16(15)21-11-22-17/h1-2,5-8,11,13-14H,3-4,9-10H2,(H,20,21,22)/t13-,14+. The van der Waals surface area contributed by atoms with Gasteiger partial charge in [0.25, 0.3) is 5.91 Å². The quantitative estimate of drug-likeness (QED) is 0.774. The van der Waals surface area contributed by atoms with Crippen LogP contribution >= 0.6 is 0 Å². The Morgan fingerprint density at radius 2 is 2.00 bits per heavy atom. The first-order valence-electron chi connectivity index (χ1n) is 8.57. The molecule has 2 aliphatic rings. The first-order valence-corrected chi connectivity index (χ1v) is 8.57. The average molecular weight is 334 g/mol. The first kappa shape index (κ1) is 14.4. The van der Waals surface area contributed by atoms with E-state index in [1.807, 2.05) is 24.4 Å². The molecule has 0 spiro atoms. The van der Waals surface area contributed by atoms with Crippen molar-refractivity contribution in [3.8, 4) is 0 Å². The fraction of sp³-hybridized carbons (Fsp3) is 0.333. The number of fused-ring (bicyclic) bond motifs is 3. The smallest absolute Gasteiger partial charge is 0.256 e. The second-order valence-electron chi connectivity index (χ2n) is 6.68. The summed E-state index contributed by atoms with van der Waals surface area (Å²) in [7, 11) is 0. The minimum atomic E-state index is 0.0923. The van der Waals surface area contributed by atoms with E-state index in [9.17, 15) is 4.79 Å². The highest BCUT2D eigenvalue weighted by molar-refractivity contribution is 5.95. The zero-order chi connectivity index (χ0) is 16.8. The van der Waals surface area contributed by atoms with Gasteiger partial charge in [0.15, 0.2) is 0 Å². The lowest BCUT2D eigenvalue weighted by molar-refractivity contribution is 0.0641. The van der Waals surface area contributed by atoms with Crippen molar-refractivity contribution in [3.05, 3.63) is 48.7 Å². The van der Waals surface area contributed by atoms with Crippen LogP contribution in [0.2, 0.25) is 0 Å². The predicted octanol–water partition coefficient (Wildman–Crippen LogP) is 1.85. The van der Waals surface area contributed by atoms with E-state index in [0.29, 0.717) is 5.56 Å². The Bertz CT molecular complexity index is 909. The van der Waals surface area contributed by atoms with Crippen LogP contribution in [-0.2, 0) is 0 Å². The molecule has 2 bridgehead atoms. The van der Waals surface area contributed by atoms with E-state index >= 15 is 0 Å². The Labute approximate surface area is 144 Å². The summed E-state index contributed by atoms with van der Waals surface area (Å²) in [5.74, 6) is 1.05. The molecule has 0 aromatic carbocycles. The number of amides is 1. The number of carbonyl (C=O) groups is 1. The molecular weight excluding hydrogens is 316 g/mol. The van der Waals surface area contributed by atoms with E-state index in [1.165, 1.54) is 0 Å². The van der Waals surface area contributed by atoms with Gasteiger partial charge in [-0.25, -0.2) is 9.97 Å². The number of hydrogen-bond acceptors (Lipinski definition) is 5. The van der Waals surface area contributed by atoms with Gasteiger partial charge in [-0.1, -0.05) is 0 Å². The third-order valence-corrected chi connectivity index (χ3v) is 5.26. The van der Waals surface area contributed by atoms with Crippen LogP contribution in [-0.4, -0.2) is 55.9 Å². The van der Waals surface area contributed by atoms with Gasteiger partial charge in [-0.3, -0.25) is 9.78 Å². The number of hydrogen-bond donors (Lipinski definition) is 1. The molecule has 2 atom stereocenters. The highest BCUT2D eigenvalue weighted by Crippen LogP contribution is 2.34. The third kappa shape index (κ3) is 2.26. The maximum Gasteiger partial charge on any atom is 0.256 e. The van der Waals surface area contributed by atoms with Crippen LogP contribution in [0.25, 0.3) is 11.0 Å². The molecular formula is C18H18N6O. The van der Waals surface area contributed by atoms with Crippen molar-refractivity contribution in [2.75, 3.05) is 18.0 Å². The monoisotopic (exact) mass is 334 g/mol. The van der Waals surface area contributed by atoms with Crippen LogP contribution in [0.5, 0.6) is 0 Å². The minimum Gasteiger partial charge on any atom is -0.352 e. The zero-order valence-corrected chi connectivity index (χ0v) is 13.7. The van der Waals surface area contributed by atoms with Gasteiger partial charge in [0.05, 0.1) is 23.0 Å². The van der Waals surface area contributed by atoms with Crippen molar-refractivity contribution in [1.82, 2.24) is 24.8 Å². The molecule has 2 saturated heterocycles. The summed E-state index contributed by atoms with van der Waals surface area (Å²) in [6, 6.07) is 6.11. The van der Waals surface area contributed by atoms with E-state index in [-0.39, 0.29) is 18.0 Å². The van der Waals surface area contributed by atoms with Crippen molar-refractivity contribution in [1.29, 1.82) is 0 Å². The Morgan fingerprint density at radius 1 is 1.16 bits per heavy atom. The highest BCUT2D eigenvalue weighted by atomic mass is 16.2. The van der Waals surface area contributed by atoms with E-state index in [2.05, 4.69) is 29.7 Å². The normalized spacial score (nSPS) is 22.6. The molecule has 0 aliphatic carbocycles. The van der Waals surface area contributed by atoms with Gasteiger partial charge in [0, 0.05) is 31.7 Å². The molecule has 7 heteroatoms. The van der Waals surface area contributed by atoms with Crippen LogP contribution in [0.1, 0.15) is 23.2 Å². The summed E-state index contributed by atoms with van der Waals surface area (Å²) in [4.78, 5) is 33.3. The van der Waals surface area contributed by atoms with Crippen molar-refractivity contribution < 1.29 is 4.79 Å². The van der Waals surface area contributed by atoms with E-state index in [4.69, 9.17) is 0 Å². The molecule has 7 nitrogen and oxygen atoms in total. The maximum atomic E-state index is 12.9. The number of aromatic amines is 1. The van der Waals surface area contributed by atoms with Crippen LogP contribution in [0.15, 0.2) is 43.1 Å². The summed E-state index contributed by atoms with van der Waals surface area (Å²) in [5.41, 5.74) is 1.52. The molecule has 1 N–H and O–H groups in total. The zero-order valence-electron chi connectivity index (χ0n) is 13.7. The maximum absolute atomic E-state index is 12.9. The third-order valence-electron chi connectivity index (χ3n) is 5.26. The van der Waals surface area contributed by atoms with Crippen molar-refractivity contribution >= 4 is 22.8 Å². The molecule has 0 radical (unpaired) electrons. The molecule has 3 aromatic heterocycles. The molecule has 0 saturated carbocycles. The van der Waals surface area contributed by atoms with Crippen molar-refractivity contribution in [2.24, 2.45) is 0 Å². The lowest BCUT2D eigenvalue weighted by Gasteiger charge is -2.41. The Hall–Kier alpha value is -2.96. The Balaban J connectivity index is 1.44. The highest BCUT2D eigenvalue weighted by Gasteiger charge is 2.43. The number of anilines is 1. The second-order valence-corrected chi connectivity index (χ2v) is 6.68. The molecule has 2 aliphatic heterocycles. The fourth-order valence-corrected chi connectivity index (χ4v) is 4.16. The van der Waals surface area contributed by atoms with E-state index < -0.39 is 0 Å². The number of piperazine rings is 1. The number of carbonyl (C=O) groups excluding carboxylic acids is 1. The summed E-state index contributed by atoms with van der Waals surface area (Å²) in [5, 5.41) is 1.04. The molecule has 5 rings (SSSR count). The molecule has 1 amide bonds. The van der Waals surface area contributed by atoms with Gasteiger partial charge in [-0.2, -0.15) is 0 Å². The predicted molar refractivity (Wildman–Crippen MR) is 93.3 cm³/mol. The van der Waals surface area contributed by atoms with Crippen LogP contribution in [0.4, 0.5) is 5.82 Å². The topological polar surface area (TPSA) is 78.0 Å². The van der Waals surface area contributed by atoms with Crippen LogP contribution in [0.3, 0.4) is 0 Å². The fourth-order valence-electron chi connectivity index (χ4n) is 4.16. The average Bonchev–Trinajstić information content (AvgIpc) is 3.23. The lowest BCUT2D eigenvalue weighted by atomic mass is 10.1. The SMILES string of the molecule is O=C(c1cccnc1)N1[C@@H]2CC[C@H]1CN(c1ncnc3[nH]ccc13)C2. The number of nitrogens with one attached hydrogen (secondary N) is 1. The van der Waals surface area contributed by atoms with Gasteiger partial charge in [0.1, 0.15) is 17.8 Å². The largest absolute Gasteiger partial charge is 0.352 e. The number of rotatable bonds is 2. The molecule has 0 unspecified atom stereocenters. The van der Waals surface area contributed by atoms with Gasteiger partial charge < -0.3 is 14.8 Å². The number of nitrogens with zero attached hydrogens (tertiary/aromatic N) is 5. The van der Waals surface area contributed by atoms with E-state index in [1.54, 1.807) is 18.7 Å². The molecule has 3 aromatic rings. The summed E-state index contributed by atoms with van der Waals surface area (Å²) in [6.07, 6.45) is 8.91. The Kier molecular flexibility index (Phi) is 3.19. The molecule has 126 valence electrons. The van der Waals surface area contributed by atoms with Crippen molar-refractivity contribution in [2.45, 2.75) is 24.9 Å². The minimum absolute atomic E-state index is 0.0923. The summed E-state index contributed by atoms with van der Waals surface area (Å²) >= 11 is 0. The van der Waals surface area contributed by atoms with Gasteiger partial charge in [0.2, 0.25) is 0 Å². The second kappa shape index (κ2) is 5.54. The van der Waals surface area contributed by atoms with Crippen LogP contribution in [0, 0.1) is 0 Å².